The first kappa shape index (κ1) is 10.5. The minimum absolute atomic E-state index is 0.0156. The molecule has 1 aliphatic carbocycles. The van der Waals surface area contributed by atoms with Crippen molar-refractivity contribution in [3.63, 3.8) is 0 Å². The van der Waals surface area contributed by atoms with Crippen LogP contribution in [0.4, 0.5) is 0 Å². The number of amides is 1. The van der Waals surface area contributed by atoms with Crippen molar-refractivity contribution in [1.82, 2.24) is 4.90 Å². The molecular formula is C11H18BrNO. The van der Waals surface area contributed by atoms with Crippen LogP contribution < -0.4 is 0 Å². The molecule has 0 aromatic rings. The Hall–Kier alpha value is -0.0500. The lowest BCUT2D eigenvalue weighted by Gasteiger charge is -2.30. The Morgan fingerprint density at radius 1 is 1.43 bits per heavy atom. The van der Waals surface area contributed by atoms with Gasteiger partial charge >= 0.3 is 0 Å². The number of nitrogens with zero attached hydrogens (tertiary/aromatic N) is 1. The molecule has 2 aliphatic rings. The van der Waals surface area contributed by atoms with Crippen LogP contribution in [0.2, 0.25) is 0 Å². The van der Waals surface area contributed by atoms with Gasteiger partial charge in [-0.3, -0.25) is 4.79 Å². The van der Waals surface area contributed by atoms with E-state index in [9.17, 15) is 4.79 Å². The summed E-state index contributed by atoms with van der Waals surface area (Å²) < 4.78 is 0. The molecule has 2 nitrogen and oxygen atoms in total. The number of carbonyl (C=O) groups is 1. The third-order valence-corrected chi connectivity index (χ3v) is 4.96. The second-order valence-electron chi connectivity index (χ2n) is 4.97. The van der Waals surface area contributed by atoms with Gasteiger partial charge in [-0.1, -0.05) is 29.8 Å². The number of piperidine rings is 1. The SMILES string of the molecule is CC(C)C(Br)C(=O)N1CC2CCC1C2. The first-order valence-corrected chi connectivity index (χ1v) is 6.45. The summed E-state index contributed by atoms with van der Waals surface area (Å²) in [6, 6.07) is 0.561. The van der Waals surface area contributed by atoms with Crippen LogP contribution in [-0.2, 0) is 4.79 Å². The predicted octanol–water partition coefficient (Wildman–Crippen LogP) is 2.42. The summed E-state index contributed by atoms with van der Waals surface area (Å²) in [6.07, 6.45) is 3.82. The van der Waals surface area contributed by atoms with Gasteiger partial charge in [0.15, 0.2) is 0 Å². The van der Waals surface area contributed by atoms with Gasteiger partial charge in [-0.15, -0.1) is 0 Å². The highest BCUT2D eigenvalue weighted by molar-refractivity contribution is 9.10. The average molecular weight is 260 g/mol. The highest BCUT2D eigenvalue weighted by Crippen LogP contribution is 2.38. The van der Waals surface area contributed by atoms with E-state index < -0.39 is 0 Å². The first-order valence-electron chi connectivity index (χ1n) is 5.54. The van der Waals surface area contributed by atoms with Crippen molar-refractivity contribution < 1.29 is 4.79 Å². The zero-order chi connectivity index (χ0) is 10.3. The highest BCUT2D eigenvalue weighted by atomic mass is 79.9. The van der Waals surface area contributed by atoms with E-state index in [4.69, 9.17) is 0 Å². The summed E-state index contributed by atoms with van der Waals surface area (Å²) in [5.41, 5.74) is 0. The Kier molecular flexibility index (Phi) is 2.87. The lowest BCUT2D eigenvalue weighted by Crippen LogP contribution is -2.43. The molecule has 1 saturated heterocycles. The number of rotatable bonds is 2. The van der Waals surface area contributed by atoms with E-state index in [-0.39, 0.29) is 4.83 Å². The molecule has 1 heterocycles. The van der Waals surface area contributed by atoms with Crippen molar-refractivity contribution in [2.75, 3.05) is 6.54 Å². The fourth-order valence-electron chi connectivity index (χ4n) is 2.64. The number of hydrogen-bond donors (Lipinski definition) is 0. The summed E-state index contributed by atoms with van der Waals surface area (Å²) in [7, 11) is 0. The van der Waals surface area contributed by atoms with Crippen molar-refractivity contribution in [2.24, 2.45) is 11.8 Å². The molecule has 3 unspecified atom stereocenters. The Labute approximate surface area is 94.2 Å². The predicted molar refractivity (Wildman–Crippen MR) is 60.4 cm³/mol. The van der Waals surface area contributed by atoms with Gasteiger partial charge in [0.2, 0.25) is 5.91 Å². The lowest BCUT2D eigenvalue weighted by atomic mass is 10.1. The topological polar surface area (TPSA) is 20.3 Å². The quantitative estimate of drug-likeness (QED) is 0.698. The zero-order valence-electron chi connectivity index (χ0n) is 8.87. The molecule has 2 fully saturated rings. The minimum Gasteiger partial charge on any atom is -0.338 e. The molecule has 0 N–H and O–H groups in total. The molecule has 1 saturated carbocycles. The Balaban J connectivity index is 1.99. The smallest absolute Gasteiger partial charge is 0.236 e. The Bertz CT molecular complexity index is 241. The van der Waals surface area contributed by atoms with Gasteiger partial charge in [0.05, 0.1) is 4.83 Å². The molecule has 1 aliphatic heterocycles. The van der Waals surface area contributed by atoms with E-state index in [1.807, 2.05) is 0 Å². The molecular weight excluding hydrogens is 242 g/mol. The maximum absolute atomic E-state index is 12.1. The normalized spacial score (nSPS) is 32.7. The third-order valence-electron chi connectivity index (χ3n) is 3.51. The monoisotopic (exact) mass is 259 g/mol. The largest absolute Gasteiger partial charge is 0.338 e. The average Bonchev–Trinajstić information content (AvgIpc) is 2.76. The molecule has 0 aromatic heterocycles. The molecule has 14 heavy (non-hydrogen) atoms. The molecule has 0 radical (unpaired) electrons. The summed E-state index contributed by atoms with van der Waals surface area (Å²) in [4.78, 5) is 14.2. The summed E-state index contributed by atoms with van der Waals surface area (Å²) >= 11 is 3.50. The van der Waals surface area contributed by atoms with E-state index in [1.54, 1.807) is 0 Å². The maximum atomic E-state index is 12.1. The van der Waals surface area contributed by atoms with Crippen LogP contribution in [0.15, 0.2) is 0 Å². The van der Waals surface area contributed by atoms with E-state index >= 15 is 0 Å². The van der Waals surface area contributed by atoms with Gasteiger partial charge in [-0.2, -0.15) is 0 Å². The molecule has 0 aromatic carbocycles. The molecule has 2 bridgehead atoms. The van der Waals surface area contributed by atoms with E-state index in [0.717, 1.165) is 12.5 Å². The van der Waals surface area contributed by atoms with Crippen molar-refractivity contribution in [3.8, 4) is 0 Å². The minimum atomic E-state index is 0.0156. The number of hydrogen-bond acceptors (Lipinski definition) is 1. The summed E-state index contributed by atoms with van der Waals surface area (Å²) in [5, 5.41) is 0. The van der Waals surface area contributed by atoms with Crippen molar-refractivity contribution >= 4 is 21.8 Å². The van der Waals surface area contributed by atoms with Gasteiger partial charge in [-0.05, 0) is 31.1 Å². The molecule has 3 heteroatoms. The van der Waals surface area contributed by atoms with Gasteiger partial charge in [0, 0.05) is 12.6 Å². The van der Waals surface area contributed by atoms with E-state index in [2.05, 4.69) is 34.7 Å². The van der Waals surface area contributed by atoms with Crippen LogP contribution in [0.5, 0.6) is 0 Å². The van der Waals surface area contributed by atoms with E-state index in [0.29, 0.717) is 17.9 Å². The van der Waals surface area contributed by atoms with Crippen LogP contribution in [0.25, 0.3) is 0 Å². The van der Waals surface area contributed by atoms with Gasteiger partial charge in [0.25, 0.3) is 0 Å². The van der Waals surface area contributed by atoms with Gasteiger partial charge in [0.1, 0.15) is 0 Å². The molecule has 0 spiro atoms. The van der Waals surface area contributed by atoms with Crippen molar-refractivity contribution in [3.05, 3.63) is 0 Å². The van der Waals surface area contributed by atoms with Crippen LogP contribution in [-0.4, -0.2) is 28.2 Å². The van der Waals surface area contributed by atoms with Gasteiger partial charge in [-0.25, -0.2) is 0 Å². The van der Waals surface area contributed by atoms with Gasteiger partial charge < -0.3 is 4.90 Å². The number of likely N-dealkylation sites (tertiary alicyclic amines) is 1. The number of fused-ring (bicyclic) bond motifs is 2. The Morgan fingerprint density at radius 3 is 2.57 bits per heavy atom. The number of alkyl halides is 1. The fraction of sp³-hybridized carbons (Fsp3) is 0.909. The summed E-state index contributed by atoms with van der Waals surface area (Å²) in [5.74, 6) is 1.50. The second kappa shape index (κ2) is 3.84. The summed E-state index contributed by atoms with van der Waals surface area (Å²) in [6.45, 7) is 5.19. The standard InChI is InChI=1S/C11H18BrNO/c1-7(2)10(12)11(14)13-6-8-3-4-9(13)5-8/h7-10H,3-6H2,1-2H3. The second-order valence-corrected chi connectivity index (χ2v) is 5.96. The van der Waals surface area contributed by atoms with E-state index in [1.165, 1.54) is 19.3 Å². The molecule has 2 rings (SSSR count). The first-order chi connectivity index (χ1) is 6.59. The van der Waals surface area contributed by atoms with Crippen molar-refractivity contribution in [2.45, 2.75) is 44.0 Å². The van der Waals surface area contributed by atoms with Crippen LogP contribution >= 0.6 is 15.9 Å². The zero-order valence-corrected chi connectivity index (χ0v) is 10.5. The van der Waals surface area contributed by atoms with Crippen LogP contribution in [0.1, 0.15) is 33.1 Å². The highest BCUT2D eigenvalue weighted by Gasteiger charge is 2.41. The third kappa shape index (κ3) is 1.71. The Morgan fingerprint density at radius 2 is 2.14 bits per heavy atom. The molecule has 1 amide bonds. The molecule has 80 valence electrons. The number of halogens is 1. The molecule has 3 atom stereocenters. The maximum Gasteiger partial charge on any atom is 0.236 e. The van der Waals surface area contributed by atoms with Crippen molar-refractivity contribution in [1.29, 1.82) is 0 Å². The van der Waals surface area contributed by atoms with Crippen LogP contribution in [0, 0.1) is 11.8 Å². The van der Waals surface area contributed by atoms with Crippen LogP contribution in [0.3, 0.4) is 0 Å². The lowest BCUT2D eigenvalue weighted by molar-refractivity contribution is -0.132. The number of carbonyl (C=O) groups excluding carboxylic acids is 1. The fourth-order valence-corrected chi connectivity index (χ4v) is 2.90.